The van der Waals surface area contributed by atoms with E-state index in [1.54, 1.807) is 11.8 Å². The zero-order chi connectivity index (χ0) is 12.3. The standard InChI is InChI=1S/C13H19NO2S/c1-9(2)3-6-17-13-8-12-11(7-10(13)14)15-4-5-16-12/h7-9H,3-6,14H2,1-2H3. The van der Waals surface area contributed by atoms with Gasteiger partial charge in [0.1, 0.15) is 13.2 Å². The van der Waals surface area contributed by atoms with Gasteiger partial charge in [0, 0.05) is 16.6 Å². The first-order chi connectivity index (χ1) is 8.16. The van der Waals surface area contributed by atoms with Crippen molar-refractivity contribution in [1.29, 1.82) is 0 Å². The Balaban J connectivity index is 2.06. The highest BCUT2D eigenvalue weighted by molar-refractivity contribution is 7.99. The van der Waals surface area contributed by atoms with Crippen LogP contribution in [0.15, 0.2) is 17.0 Å². The molecular weight excluding hydrogens is 234 g/mol. The summed E-state index contributed by atoms with van der Waals surface area (Å²) in [5.41, 5.74) is 6.79. The lowest BCUT2D eigenvalue weighted by Gasteiger charge is -2.20. The molecule has 0 saturated heterocycles. The minimum absolute atomic E-state index is 0.603. The Morgan fingerprint density at radius 3 is 2.53 bits per heavy atom. The fourth-order valence-electron chi connectivity index (χ4n) is 1.62. The quantitative estimate of drug-likeness (QED) is 0.661. The van der Waals surface area contributed by atoms with Crippen molar-refractivity contribution in [2.75, 3.05) is 24.7 Å². The summed E-state index contributed by atoms with van der Waals surface area (Å²) in [7, 11) is 0. The van der Waals surface area contributed by atoms with Crippen LogP contribution < -0.4 is 15.2 Å². The highest BCUT2D eigenvalue weighted by Crippen LogP contribution is 2.38. The van der Waals surface area contributed by atoms with Gasteiger partial charge in [-0.15, -0.1) is 11.8 Å². The summed E-state index contributed by atoms with van der Waals surface area (Å²) in [6, 6.07) is 3.86. The number of nitrogens with two attached hydrogens (primary N) is 1. The Morgan fingerprint density at radius 2 is 1.88 bits per heavy atom. The smallest absolute Gasteiger partial charge is 0.163 e. The summed E-state index contributed by atoms with van der Waals surface area (Å²) in [6.07, 6.45) is 1.19. The van der Waals surface area contributed by atoms with Crippen molar-refractivity contribution in [1.82, 2.24) is 0 Å². The van der Waals surface area contributed by atoms with Gasteiger partial charge in [-0.2, -0.15) is 0 Å². The minimum Gasteiger partial charge on any atom is -0.486 e. The molecule has 1 aromatic rings. The molecule has 3 nitrogen and oxygen atoms in total. The molecule has 0 unspecified atom stereocenters. The van der Waals surface area contributed by atoms with Gasteiger partial charge < -0.3 is 15.2 Å². The molecule has 2 N–H and O–H groups in total. The van der Waals surface area contributed by atoms with Gasteiger partial charge in [-0.05, 0) is 24.2 Å². The fourth-order valence-corrected chi connectivity index (χ4v) is 2.84. The van der Waals surface area contributed by atoms with E-state index in [0.29, 0.717) is 13.2 Å². The normalized spacial score (nSPS) is 14.1. The van der Waals surface area contributed by atoms with Gasteiger partial charge >= 0.3 is 0 Å². The van der Waals surface area contributed by atoms with Gasteiger partial charge in [-0.1, -0.05) is 13.8 Å². The van der Waals surface area contributed by atoms with Crippen LogP contribution in [-0.2, 0) is 0 Å². The third kappa shape index (κ3) is 3.22. The Kier molecular flexibility index (Phi) is 4.05. The summed E-state index contributed by atoms with van der Waals surface area (Å²) in [4.78, 5) is 1.09. The average molecular weight is 253 g/mol. The molecule has 4 heteroatoms. The Hall–Kier alpha value is -1.03. The summed E-state index contributed by atoms with van der Waals surface area (Å²) < 4.78 is 11.0. The fraction of sp³-hybridized carbons (Fsp3) is 0.538. The molecule has 94 valence electrons. The predicted octanol–water partition coefficient (Wildman–Crippen LogP) is 3.18. The predicted molar refractivity (Wildman–Crippen MR) is 72.0 cm³/mol. The summed E-state index contributed by atoms with van der Waals surface area (Å²) in [5.74, 6) is 3.39. The van der Waals surface area contributed by atoms with Gasteiger partial charge in [0.15, 0.2) is 11.5 Å². The molecule has 0 bridgehead atoms. The van der Waals surface area contributed by atoms with E-state index in [9.17, 15) is 0 Å². The lowest BCUT2D eigenvalue weighted by Crippen LogP contribution is -2.15. The van der Waals surface area contributed by atoms with Crippen LogP contribution in [0.5, 0.6) is 11.5 Å². The second kappa shape index (κ2) is 5.54. The maximum Gasteiger partial charge on any atom is 0.163 e. The van der Waals surface area contributed by atoms with Crippen molar-refractivity contribution < 1.29 is 9.47 Å². The number of thioether (sulfide) groups is 1. The second-order valence-corrected chi connectivity index (χ2v) is 5.70. The molecule has 1 aliphatic heterocycles. The number of nitrogen functional groups attached to an aromatic ring is 1. The number of hydrogen-bond donors (Lipinski definition) is 1. The van der Waals surface area contributed by atoms with E-state index in [0.717, 1.165) is 33.8 Å². The van der Waals surface area contributed by atoms with Crippen molar-refractivity contribution >= 4 is 17.4 Å². The minimum atomic E-state index is 0.603. The first kappa shape index (κ1) is 12.4. The van der Waals surface area contributed by atoms with Gasteiger partial charge in [0.05, 0.1) is 0 Å². The van der Waals surface area contributed by atoms with Gasteiger partial charge in [0.2, 0.25) is 0 Å². The topological polar surface area (TPSA) is 44.5 Å². The molecule has 0 aliphatic carbocycles. The van der Waals surface area contributed by atoms with Gasteiger partial charge in [0.25, 0.3) is 0 Å². The number of hydrogen-bond acceptors (Lipinski definition) is 4. The molecule has 0 radical (unpaired) electrons. The van der Waals surface area contributed by atoms with Crippen LogP contribution in [-0.4, -0.2) is 19.0 Å². The van der Waals surface area contributed by atoms with Crippen LogP contribution in [0, 0.1) is 5.92 Å². The van der Waals surface area contributed by atoms with Gasteiger partial charge in [-0.3, -0.25) is 0 Å². The number of rotatable bonds is 4. The third-order valence-electron chi connectivity index (χ3n) is 2.63. The number of benzene rings is 1. The van der Waals surface area contributed by atoms with E-state index in [4.69, 9.17) is 15.2 Å². The zero-order valence-corrected chi connectivity index (χ0v) is 11.2. The first-order valence-electron chi connectivity index (χ1n) is 5.98. The lowest BCUT2D eigenvalue weighted by molar-refractivity contribution is 0.171. The van der Waals surface area contributed by atoms with E-state index < -0.39 is 0 Å². The van der Waals surface area contributed by atoms with E-state index in [-0.39, 0.29) is 0 Å². The maximum atomic E-state index is 6.01. The van der Waals surface area contributed by atoms with E-state index in [2.05, 4.69) is 13.8 Å². The molecule has 1 aliphatic rings. The Labute approximate surface area is 107 Å². The largest absolute Gasteiger partial charge is 0.486 e. The highest BCUT2D eigenvalue weighted by Gasteiger charge is 2.14. The van der Waals surface area contributed by atoms with Gasteiger partial charge in [-0.25, -0.2) is 0 Å². The van der Waals surface area contributed by atoms with Crippen LogP contribution in [0.25, 0.3) is 0 Å². The molecule has 0 atom stereocenters. The van der Waals surface area contributed by atoms with Crippen molar-refractivity contribution in [2.24, 2.45) is 5.92 Å². The molecule has 0 fully saturated rings. The molecular formula is C13H19NO2S. The summed E-state index contributed by atoms with van der Waals surface area (Å²) in [6.45, 7) is 5.68. The van der Waals surface area contributed by atoms with Crippen molar-refractivity contribution in [3.05, 3.63) is 12.1 Å². The van der Waals surface area contributed by atoms with Crippen molar-refractivity contribution in [2.45, 2.75) is 25.2 Å². The number of anilines is 1. The lowest BCUT2D eigenvalue weighted by atomic mass is 10.2. The molecule has 0 amide bonds. The summed E-state index contributed by atoms with van der Waals surface area (Å²) >= 11 is 1.79. The Morgan fingerprint density at radius 1 is 1.24 bits per heavy atom. The molecule has 1 aromatic carbocycles. The Bertz CT molecular complexity index is 393. The van der Waals surface area contributed by atoms with Crippen LogP contribution in [0.4, 0.5) is 5.69 Å². The first-order valence-corrected chi connectivity index (χ1v) is 6.97. The zero-order valence-electron chi connectivity index (χ0n) is 10.4. The van der Waals surface area contributed by atoms with Crippen molar-refractivity contribution in [3.8, 4) is 11.5 Å². The molecule has 0 spiro atoms. The van der Waals surface area contributed by atoms with Crippen LogP contribution in [0.1, 0.15) is 20.3 Å². The van der Waals surface area contributed by atoms with Crippen LogP contribution >= 0.6 is 11.8 Å². The third-order valence-corrected chi connectivity index (χ3v) is 3.73. The number of ether oxygens (including phenoxy) is 2. The van der Waals surface area contributed by atoms with E-state index in [1.807, 2.05) is 12.1 Å². The molecule has 2 rings (SSSR count). The second-order valence-electron chi connectivity index (χ2n) is 4.56. The molecule has 0 saturated carbocycles. The molecule has 17 heavy (non-hydrogen) atoms. The summed E-state index contributed by atoms with van der Waals surface area (Å²) in [5, 5.41) is 0. The SMILES string of the molecule is CC(C)CCSc1cc2c(cc1N)OCCO2. The van der Waals surface area contributed by atoms with Crippen molar-refractivity contribution in [3.63, 3.8) is 0 Å². The number of fused-ring (bicyclic) bond motifs is 1. The molecule has 1 heterocycles. The highest BCUT2D eigenvalue weighted by atomic mass is 32.2. The monoisotopic (exact) mass is 253 g/mol. The van der Waals surface area contributed by atoms with Crippen LogP contribution in [0.3, 0.4) is 0 Å². The van der Waals surface area contributed by atoms with E-state index in [1.165, 1.54) is 6.42 Å². The average Bonchev–Trinajstić information content (AvgIpc) is 2.29. The van der Waals surface area contributed by atoms with Crippen LogP contribution in [0.2, 0.25) is 0 Å². The maximum absolute atomic E-state index is 6.01. The van der Waals surface area contributed by atoms with E-state index >= 15 is 0 Å². The molecule has 0 aromatic heterocycles.